The van der Waals surface area contributed by atoms with Crippen LogP contribution in [0.25, 0.3) is 11.2 Å². The van der Waals surface area contributed by atoms with E-state index in [0.29, 0.717) is 11.2 Å². The van der Waals surface area contributed by atoms with E-state index < -0.39 is 51.2 Å². The summed E-state index contributed by atoms with van der Waals surface area (Å²) in [5.41, 5.74) is 6.45. The molecule has 13 nitrogen and oxygen atoms in total. The van der Waals surface area contributed by atoms with Crippen molar-refractivity contribution in [1.82, 2.24) is 19.5 Å². The Balaban J connectivity index is 1.95. The zero-order valence-electron chi connectivity index (χ0n) is 15.9. The molecule has 4 N–H and O–H groups in total. The zero-order valence-corrected chi connectivity index (χ0v) is 16.8. The molecule has 4 atom stereocenters. The molecular weight excluding hydrogens is 420 g/mol. The number of fused-ring (bicyclic) bond motifs is 1. The van der Waals surface area contributed by atoms with Crippen LogP contribution >= 0.6 is 7.82 Å². The van der Waals surface area contributed by atoms with E-state index in [0.717, 1.165) is 0 Å². The molecule has 3 rings (SSSR count). The van der Waals surface area contributed by atoms with Crippen LogP contribution in [0.2, 0.25) is 0 Å². The van der Waals surface area contributed by atoms with Crippen LogP contribution in [0.3, 0.4) is 0 Å². The molecule has 15 heteroatoms. The van der Waals surface area contributed by atoms with Crippen LogP contribution in [-0.4, -0.2) is 74.4 Å². The van der Waals surface area contributed by atoms with Crippen molar-refractivity contribution in [3.63, 3.8) is 0 Å². The van der Waals surface area contributed by atoms with Gasteiger partial charge in [0.1, 0.15) is 25.1 Å². The normalized spacial score (nSPS) is 27.7. The van der Waals surface area contributed by atoms with Crippen molar-refractivity contribution in [2.75, 3.05) is 18.9 Å². The number of ether oxygens (including phenoxy) is 2. The third kappa shape index (κ3) is 5.40. The number of aromatic nitrogens is 4. The molecule has 2 aromatic rings. The molecule has 2 aromatic heterocycles. The summed E-state index contributed by atoms with van der Waals surface area (Å²) in [5.74, 6) is -1.81. The van der Waals surface area contributed by atoms with E-state index in [9.17, 15) is 14.5 Å². The van der Waals surface area contributed by atoms with Crippen LogP contribution < -0.4 is 5.73 Å². The number of aliphatic carboxylic acids is 1. The predicted molar refractivity (Wildman–Crippen MR) is 103 cm³/mol. The van der Waals surface area contributed by atoms with Crippen molar-refractivity contribution in [3.8, 4) is 0 Å². The predicted octanol–water partition coefficient (Wildman–Crippen LogP) is -0.0260. The largest absolute Gasteiger partial charge is 0.488 e. The van der Waals surface area contributed by atoms with Gasteiger partial charge in [0.15, 0.2) is 23.8 Å². The van der Waals surface area contributed by atoms with E-state index in [-0.39, 0.29) is 18.8 Å². The number of nitrogens with zero attached hydrogens (tertiary/aromatic N) is 4. The van der Waals surface area contributed by atoms with Gasteiger partial charge >= 0.3 is 27.3 Å². The Morgan fingerprint density at radius 3 is 2.80 bits per heavy atom. The number of anilines is 1. The number of nitrogens with two attached hydrogens (primary N) is 1. The minimum atomic E-state index is -3.68. The van der Waals surface area contributed by atoms with Crippen LogP contribution in [0.5, 0.6) is 0 Å². The van der Waals surface area contributed by atoms with Gasteiger partial charge in [-0.1, -0.05) is 0 Å². The lowest BCUT2D eigenvalue weighted by molar-refractivity contribution is -0.174. The van der Waals surface area contributed by atoms with Gasteiger partial charge in [0.2, 0.25) is 0 Å². The summed E-state index contributed by atoms with van der Waals surface area (Å²) in [6, 6.07) is 0. The maximum atomic E-state index is 12.2. The van der Waals surface area contributed by atoms with E-state index in [2.05, 4.69) is 15.0 Å². The van der Waals surface area contributed by atoms with Gasteiger partial charge in [-0.05, 0) is 6.92 Å². The molecule has 1 saturated heterocycles. The second kappa shape index (κ2) is 9.19. The van der Waals surface area contributed by atoms with Crippen LogP contribution in [0.1, 0.15) is 26.0 Å². The molecule has 0 spiro atoms. The van der Waals surface area contributed by atoms with Gasteiger partial charge in [-0.3, -0.25) is 14.2 Å². The Bertz CT molecular complexity index is 928. The lowest BCUT2D eigenvalue weighted by atomic mass is 10.2. The molecule has 0 bridgehead atoms. The number of carbonyl (C=O) groups excluding carboxylic acids is 1. The first-order chi connectivity index (χ1) is 14.2. The highest BCUT2D eigenvalue weighted by Gasteiger charge is 2.42. The average Bonchev–Trinajstić information content (AvgIpc) is 3.12. The molecule has 0 aromatic carbocycles. The summed E-state index contributed by atoms with van der Waals surface area (Å²) in [7, 11) is 1.96. The van der Waals surface area contributed by atoms with Crippen molar-refractivity contribution in [3.05, 3.63) is 12.7 Å². The highest BCUT2D eigenvalue weighted by molar-refractivity contribution is 7.85. The molecule has 0 amide bonds. The fraction of sp³-hybridized carbons (Fsp3) is 0.533. The third-order valence-electron chi connectivity index (χ3n) is 4.09. The molecule has 1 aliphatic heterocycles. The van der Waals surface area contributed by atoms with Gasteiger partial charge in [-0.2, -0.15) is 9.05 Å². The second-order valence-electron chi connectivity index (χ2n) is 6.50. The average molecular weight is 440 g/mol. The topological polar surface area (TPSA) is 181 Å². The van der Waals surface area contributed by atoms with Crippen molar-refractivity contribution in [2.45, 2.75) is 38.2 Å². The first-order valence-corrected chi connectivity index (χ1v) is 10.5. The summed E-state index contributed by atoms with van der Waals surface area (Å²) in [4.78, 5) is 45.2. The minimum absolute atomic E-state index is 0.0965. The zero-order chi connectivity index (χ0) is 21.9. The quantitative estimate of drug-likeness (QED) is 0.321. The van der Waals surface area contributed by atoms with Gasteiger partial charge in [0.25, 0.3) is 0 Å². The fourth-order valence-corrected chi connectivity index (χ4v) is 3.57. The number of hydrogen-bond acceptors (Lipinski definition) is 11. The number of carbonyl (C=O) groups is 2. The van der Waals surface area contributed by atoms with Gasteiger partial charge < -0.3 is 20.3 Å². The number of esters is 1. The van der Waals surface area contributed by atoms with Crippen LogP contribution in [0.15, 0.2) is 12.7 Å². The Morgan fingerprint density at radius 2 is 2.07 bits per heavy atom. The number of carboxylic acid groups (broad SMARTS) is 1. The number of rotatable bonds is 5. The molecule has 160 valence electrons. The summed E-state index contributed by atoms with van der Waals surface area (Å²) in [6.07, 6.45) is -0.924. The minimum Gasteiger partial charge on any atom is -0.481 e. The van der Waals surface area contributed by atoms with Gasteiger partial charge in [-0.15, -0.1) is 0 Å². The Kier molecular flexibility index (Phi) is 6.83. The SMILES string of the molecule is [B][P+]1(O)OC[C@H](OC(=O)CCC(=O)O)[C@H](n2cnc3c(N)ncnc32)O[C@@H](C)CO1. The molecule has 1 unspecified atom stereocenters. The highest BCUT2D eigenvalue weighted by Crippen LogP contribution is 2.52. The number of carboxylic acids is 1. The van der Waals surface area contributed by atoms with Crippen LogP contribution in [-0.2, 0) is 28.1 Å². The van der Waals surface area contributed by atoms with Crippen molar-refractivity contribution in [2.24, 2.45) is 0 Å². The van der Waals surface area contributed by atoms with E-state index in [4.69, 9.17) is 36.9 Å². The molecule has 0 saturated carbocycles. The number of hydrogen-bond donors (Lipinski definition) is 3. The smallest absolute Gasteiger partial charge is 0.481 e. The Labute approximate surface area is 172 Å². The lowest BCUT2D eigenvalue weighted by Gasteiger charge is -2.28. The van der Waals surface area contributed by atoms with Crippen LogP contribution in [0, 0.1) is 0 Å². The van der Waals surface area contributed by atoms with Gasteiger partial charge in [0, 0.05) is 0 Å². The Hall–Kier alpha value is -2.38. The Morgan fingerprint density at radius 1 is 1.33 bits per heavy atom. The maximum Gasteiger partial charge on any atom is 0.488 e. The standard InChI is InChI=1S/C15H20BN5O8P/c1-8-4-26-30(16,25)27-5-9(29-11(24)3-2-10(22)23)15(28-8)21-7-20-12-13(17)18-6-19-14(12)21/h6-9,15,25H,2-5H2,1H3,(H,22,23)(H2,17,18,19)/q+1/t8-,9-,15+,30?/m0/s1. The van der Waals surface area contributed by atoms with E-state index in [1.54, 1.807) is 6.92 Å². The van der Waals surface area contributed by atoms with E-state index in [1.165, 1.54) is 17.2 Å². The summed E-state index contributed by atoms with van der Waals surface area (Å²) >= 11 is 0. The summed E-state index contributed by atoms with van der Waals surface area (Å²) in [5, 5.41) is 8.78. The first kappa shape index (κ1) is 22.3. The van der Waals surface area contributed by atoms with E-state index in [1.807, 2.05) is 0 Å². The third-order valence-corrected chi connectivity index (χ3v) is 5.13. The second-order valence-corrected chi connectivity index (χ2v) is 8.14. The van der Waals surface area contributed by atoms with Crippen LogP contribution in [0.4, 0.5) is 5.82 Å². The van der Waals surface area contributed by atoms with Crippen molar-refractivity contribution in [1.29, 1.82) is 0 Å². The molecule has 1 aliphatic rings. The lowest BCUT2D eigenvalue weighted by Crippen LogP contribution is -2.36. The molecule has 2 radical (unpaired) electrons. The summed E-state index contributed by atoms with van der Waals surface area (Å²) < 4.78 is 23.3. The van der Waals surface area contributed by atoms with E-state index >= 15 is 0 Å². The molecular formula is C15H20BN5O8P+. The molecule has 30 heavy (non-hydrogen) atoms. The summed E-state index contributed by atoms with van der Waals surface area (Å²) in [6.45, 7) is 1.17. The van der Waals surface area contributed by atoms with Crippen molar-refractivity contribution >= 4 is 44.3 Å². The number of nitrogen functional groups attached to an aromatic ring is 1. The fourth-order valence-electron chi connectivity index (χ4n) is 2.71. The molecule has 1 fully saturated rings. The molecule has 0 aliphatic carbocycles. The number of imidazole rings is 1. The molecule has 3 heterocycles. The van der Waals surface area contributed by atoms with Gasteiger partial charge in [-0.25, -0.2) is 19.8 Å². The monoisotopic (exact) mass is 440 g/mol. The maximum absolute atomic E-state index is 12.2. The highest BCUT2D eigenvalue weighted by atomic mass is 31.2. The first-order valence-electron chi connectivity index (χ1n) is 8.85. The van der Waals surface area contributed by atoms with Crippen molar-refractivity contribution < 1.29 is 38.1 Å². The van der Waals surface area contributed by atoms with Gasteiger partial charge in [0.05, 0.1) is 25.3 Å².